The van der Waals surface area contributed by atoms with E-state index in [2.05, 4.69) is 52.4 Å². The molecule has 1 aliphatic carbocycles. The Morgan fingerprint density at radius 2 is 2.21 bits per heavy atom. The topological polar surface area (TPSA) is 44.8 Å². The van der Waals surface area contributed by atoms with Crippen molar-refractivity contribution in [3.8, 4) is 0 Å². The van der Waals surface area contributed by atoms with Crippen LogP contribution < -0.4 is 0 Å². The van der Waals surface area contributed by atoms with Gasteiger partial charge >= 0.3 is 0 Å². The van der Waals surface area contributed by atoms with Gasteiger partial charge in [0.05, 0.1) is 0 Å². The minimum absolute atomic E-state index is 0.641. The molecule has 4 nitrogen and oxygen atoms in total. The molecule has 3 aromatic rings. The Hall–Kier alpha value is -2.20. The maximum Gasteiger partial charge on any atom is 0.131 e. The molecule has 24 heavy (non-hydrogen) atoms. The Labute approximate surface area is 141 Å². The van der Waals surface area contributed by atoms with Crippen molar-refractivity contribution in [1.82, 2.24) is 19.9 Å². The molecule has 3 heterocycles. The molecular formula is C20H22N4. The lowest BCUT2D eigenvalue weighted by Crippen LogP contribution is -2.31. The second-order valence-corrected chi connectivity index (χ2v) is 7.25. The Bertz CT molecular complexity index is 907. The molecule has 0 amide bonds. The number of aryl methyl sites for hydroxylation is 1. The lowest BCUT2D eigenvalue weighted by Gasteiger charge is -2.27. The highest BCUT2D eigenvalue weighted by atomic mass is 15.1. The molecule has 0 unspecified atom stereocenters. The van der Waals surface area contributed by atoms with Gasteiger partial charge in [0.15, 0.2) is 0 Å². The van der Waals surface area contributed by atoms with Crippen molar-refractivity contribution < 1.29 is 0 Å². The van der Waals surface area contributed by atoms with E-state index in [-0.39, 0.29) is 0 Å². The lowest BCUT2D eigenvalue weighted by atomic mass is 10.1. The zero-order valence-corrected chi connectivity index (χ0v) is 14.0. The first-order chi connectivity index (χ1) is 11.8. The minimum Gasteiger partial charge on any atom is -0.361 e. The van der Waals surface area contributed by atoms with Crippen LogP contribution in [0.15, 0.2) is 30.6 Å². The van der Waals surface area contributed by atoms with E-state index in [0.29, 0.717) is 5.92 Å². The van der Waals surface area contributed by atoms with Crippen LogP contribution in [0.25, 0.3) is 10.9 Å². The van der Waals surface area contributed by atoms with Crippen LogP contribution in [0.1, 0.15) is 47.0 Å². The van der Waals surface area contributed by atoms with Gasteiger partial charge in [-0.2, -0.15) is 0 Å². The zero-order valence-electron chi connectivity index (χ0n) is 14.0. The summed E-state index contributed by atoms with van der Waals surface area (Å²) in [5.74, 6) is 1.72. The minimum atomic E-state index is 0.641. The molecule has 122 valence electrons. The summed E-state index contributed by atoms with van der Waals surface area (Å²) in [6.45, 7) is 5.17. The van der Waals surface area contributed by atoms with Crippen molar-refractivity contribution in [2.75, 3.05) is 6.54 Å². The van der Waals surface area contributed by atoms with Crippen molar-refractivity contribution in [1.29, 1.82) is 0 Å². The standard InChI is InChI=1S/C20H22N4/c1-13-3-2-4-17-15(9-21-19(13)17)11-24-8-7-18-16(12-24)10-22-20(23-18)14-5-6-14/h2-4,9-10,14,21H,5-8,11-12H2,1H3. The van der Waals surface area contributed by atoms with Gasteiger partial charge in [-0.15, -0.1) is 0 Å². The number of nitrogens with zero attached hydrogens (tertiary/aromatic N) is 3. The molecule has 1 aromatic carbocycles. The van der Waals surface area contributed by atoms with Crippen molar-refractivity contribution in [3.63, 3.8) is 0 Å². The maximum absolute atomic E-state index is 4.82. The number of hydrogen-bond donors (Lipinski definition) is 1. The molecule has 2 aliphatic rings. The van der Waals surface area contributed by atoms with Gasteiger partial charge in [-0.05, 0) is 30.9 Å². The van der Waals surface area contributed by atoms with E-state index in [4.69, 9.17) is 4.98 Å². The van der Waals surface area contributed by atoms with Gasteiger partial charge in [-0.1, -0.05) is 18.2 Å². The second-order valence-electron chi connectivity index (χ2n) is 7.25. The summed E-state index contributed by atoms with van der Waals surface area (Å²) in [5, 5.41) is 1.35. The van der Waals surface area contributed by atoms with E-state index in [0.717, 1.165) is 31.9 Å². The van der Waals surface area contributed by atoms with Crippen LogP contribution in [0.5, 0.6) is 0 Å². The number of H-pyrrole nitrogens is 1. The summed E-state index contributed by atoms with van der Waals surface area (Å²) in [5.41, 5.74) is 6.54. The zero-order chi connectivity index (χ0) is 16.1. The average Bonchev–Trinajstić information content (AvgIpc) is 3.37. The molecule has 1 saturated carbocycles. The van der Waals surface area contributed by atoms with Gasteiger partial charge in [-0.3, -0.25) is 4.90 Å². The maximum atomic E-state index is 4.82. The van der Waals surface area contributed by atoms with Crippen molar-refractivity contribution in [2.45, 2.75) is 45.2 Å². The van der Waals surface area contributed by atoms with Gasteiger partial charge in [0.25, 0.3) is 0 Å². The largest absolute Gasteiger partial charge is 0.361 e. The van der Waals surface area contributed by atoms with Crippen LogP contribution in [0, 0.1) is 6.92 Å². The van der Waals surface area contributed by atoms with Gasteiger partial charge in [0.1, 0.15) is 5.82 Å². The lowest BCUT2D eigenvalue weighted by molar-refractivity contribution is 0.243. The fourth-order valence-corrected chi connectivity index (χ4v) is 3.80. The SMILES string of the molecule is Cc1cccc2c(CN3CCc4nc(C5CC5)ncc4C3)c[nH]c12. The Morgan fingerprint density at radius 1 is 1.29 bits per heavy atom. The highest BCUT2D eigenvalue weighted by Gasteiger charge is 2.28. The second kappa shape index (κ2) is 5.42. The third-order valence-corrected chi connectivity index (χ3v) is 5.38. The summed E-state index contributed by atoms with van der Waals surface area (Å²) in [6, 6.07) is 6.53. The third-order valence-electron chi connectivity index (χ3n) is 5.38. The Morgan fingerprint density at radius 3 is 3.08 bits per heavy atom. The fourth-order valence-electron chi connectivity index (χ4n) is 3.80. The number of aromatic amines is 1. The first-order valence-corrected chi connectivity index (χ1v) is 8.90. The summed E-state index contributed by atoms with van der Waals surface area (Å²) in [7, 11) is 0. The molecular weight excluding hydrogens is 296 g/mol. The van der Waals surface area contributed by atoms with E-state index in [1.54, 1.807) is 0 Å². The predicted molar refractivity (Wildman–Crippen MR) is 94.9 cm³/mol. The quantitative estimate of drug-likeness (QED) is 0.801. The van der Waals surface area contributed by atoms with E-state index < -0.39 is 0 Å². The number of rotatable bonds is 3. The third kappa shape index (κ3) is 2.42. The Balaban J connectivity index is 1.38. The molecule has 4 heteroatoms. The summed E-state index contributed by atoms with van der Waals surface area (Å²) >= 11 is 0. The van der Waals surface area contributed by atoms with Crippen molar-refractivity contribution >= 4 is 10.9 Å². The molecule has 0 saturated heterocycles. The molecule has 0 spiro atoms. The molecule has 0 atom stereocenters. The Kier molecular flexibility index (Phi) is 3.20. The molecule has 0 radical (unpaired) electrons. The molecule has 1 aliphatic heterocycles. The first-order valence-electron chi connectivity index (χ1n) is 8.90. The van der Waals surface area contributed by atoms with Gasteiger partial charge < -0.3 is 4.98 Å². The van der Waals surface area contributed by atoms with Crippen molar-refractivity contribution in [2.24, 2.45) is 0 Å². The molecule has 1 N–H and O–H groups in total. The van der Waals surface area contributed by atoms with E-state index in [9.17, 15) is 0 Å². The summed E-state index contributed by atoms with van der Waals surface area (Å²) in [4.78, 5) is 15.4. The summed E-state index contributed by atoms with van der Waals surface area (Å²) < 4.78 is 0. The molecule has 0 bridgehead atoms. The van der Waals surface area contributed by atoms with Crippen molar-refractivity contribution in [3.05, 3.63) is 58.8 Å². The van der Waals surface area contributed by atoms with Crippen LogP contribution in [-0.4, -0.2) is 26.4 Å². The normalized spacial score (nSPS) is 18.0. The highest BCUT2D eigenvalue weighted by Crippen LogP contribution is 2.38. The van der Waals surface area contributed by atoms with Crippen LogP contribution in [0.2, 0.25) is 0 Å². The van der Waals surface area contributed by atoms with E-state index >= 15 is 0 Å². The highest BCUT2D eigenvalue weighted by molar-refractivity contribution is 5.85. The fraction of sp³-hybridized carbons (Fsp3) is 0.400. The van der Waals surface area contributed by atoms with Gasteiger partial charge in [-0.25, -0.2) is 9.97 Å². The number of hydrogen-bond acceptors (Lipinski definition) is 3. The average molecular weight is 318 g/mol. The monoisotopic (exact) mass is 318 g/mol. The molecule has 5 rings (SSSR count). The first kappa shape index (κ1) is 14.2. The van der Waals surface area contributed by atoms with Crippen LogP contribution >= 0.6 is 0 Å². The van der Waals surface area contributed by atoms with Crippen LogP contribution in [0.4, 0.5) is 0 Å². The number of para-hydroxylation sites is 1. The predicted octanol–water partition coefficient (Wildman–Crippen LogP) is 3.70. The van der Waals surface area contributed by atoms with E-state index in [1.165, 1.54) is 46.1 Å². The number of benzene rings is 1. The van der Waals surface area contributed by atoms with Gasteiger partial charge in [0.2, 0.25) is 0 Å². The molecule has 2 aromatic heterocycles. The summed E-state index contributed by atoms with van der Waals surface area (Å²) in [6.07, 6.45) is 7.82. The van der Waals surface area contributed by atoms with Crippen LogP contribution in [0.3, 0.4) is 0 Å². The van der Waals surface area contributed by atoms with Gasteiger partial charge in [0, 0.05) is 66.5 Å². The number of aromatic nitrogens is 3. The smallest absolute Gasteiger partial charge is 0.131 e. The number of fused-ring (bicyclic) bond motifs is 2. The van der Waals surface area contributed by atoms with E-state index in [1.807, 2.05) is 0 Å². The molecule has 1 fully saturated rings. The number of nitrogens with one attached hydrogen (secondary N) is 1. The van der Waals surface area contributed by atoms with Crippen LogP contribution in [-0.2, 0) is 19.5 Å².